The van der Waals surface area contributed by atoms with Crippen LogP contribution in [-0.4, -0.2) is 31.7 Å². The summed E-state index contributed by atoms with van der Waals surface area (Å²) in [6.45, 7) is 8.73. The van der Waals surface area contributed by atoms with Gasteiger partial charge in [0.05, 0.1) is 12.4 Å². The molecule has 23 heavy (non-hydrogen) atoms. The number of nitrogens with zero attached hydrogens (tertiary/aromatic N) is 3. The van der Waals surface area contributed by atoms with E-state index in [4.69, 9.17) is 4.74 Å². The summed E-state index contributed by atoms with van der Waals surface area (Å²) in [6, 6.07) is 0. The fourth-order valence-electron chi connectivity index (χ4n) is 2.01. The summed E-state index contributed by atoms with van der Waals surface area (Å²) in [5, 5.41) is 16.9. The van der Waals surface area contributed by atoms with Crippen LogP contribution in [-0.2, 0) is 24.9 Å². The lowest BCUT2D eigenvalue weighted by Gasteiger charge is -2.19. The molecule has 0 aliphatic rings. The number of hydrogen-bond acceptors (Lipinski definition) is 5. The summed E-state index contributed by atoms with van der Waals surface area (Å²) in [6.07, 6.45) is 3.01. The number of rotatable bonds is 5. The molecule has 0 bridgehead atoms. The van der Waals surface area contributed by atoms with Gasteiger partial charge in [-0.1, -0.05) is 0 Å². The van der Waals surface area contributed by atoms with Crippen molar-refractivity contribution < 1.29 is 9.53 Å². The summed E-state index contributed by atoms with van der Waals surface area (Å²) in [7, 11) is 1.91. The molecule has 0 saturated carbocycles. The first-order chi connectivity index (χ1) is 10.8. The molecular formula is C15H24N6O2. The quantitative estimate of drug-likeness (QED) is 0.784. The third-order valence-electron chi connectivity index (χ3n) is 3.31. The molecule has 2 heterocycles. The number of carbonyl (C=O) groups is 1. The Bertz CT molecular complexity index is 668. The molecule has 8 nitrogen and oxygen atoms in total. The van der Waals surface area contributed by atoms with Crippen LogP contribution in [0.5, 0.6) is 0 Å². The summed E-state index contributed by atoms with van der Waals surface area (Å²) < 4.78 is 7.07. The van der Waals surface area contributed by atoms with Crippen molar-refractivity contribution >= 4 is 11.9 Å². The number of aryl methyl sites for hydroxylation is 1. The van der Waals surface area contributed by atoms with Gasteiger partial charge in [-0.25, -0.2) is 4.79 Å². The van der Waals surface area contributed by atoms with Gasteiger partial charge >= 0.3 is 6.09 Å². The van der Waals surface area contributed by atoms with Gasteiger partial charge in [0.15, 0.2) is 0 Å². The van der Waals surface area contributed by atoms with Gasteiger partial charge in [0.2, 0.25) is 0 Å². The Morgan fingerprint density at radius 2 is 2.00 bits per heavy atom. The number of carbonyl (C=O) groups excluding carboxylic acids is 1. The summed E-state index contributed by atoms with van der Waals surface area (Å²) in [5.74, 6) is 0.537. The fraction of sp³-hybridized carbons (Fsp3) is 0.533. The van der Waals surface area contributed by atoms with Crippen LogP contribution in [0.1, 0.15) is 37.6 Å². The number of amides is 1. The van der Waals surface area contributed by atoms with Crippen LogP contribution < -0.4 is 10.6 Å². The van der Waals surface area contributed by atoms with Crippen molar-refractivity contribution in [1.82, 2.24) is 25.3 Å². The Labute approximate surface area is 135 Å². The molecule has 2 rings (SSSR count). The van der Waals surface area contributed by atoms with Gasteiger partial charge < -0.3 is 10.1 Å². The van der Waals surface area contributed by atoms with Crippen LogP contribution in [0.15, 0.2) is 12.4 Å². The van der Waals surface area contributed by atoms with Crippen LogP contribution in [0.25, 0.3) is 0 Å². The highest BCUT2D eigenvalue weighted by atomic mass is 16.6. The van der Waals surface area contributed by atoms with Crippen molar-refractivity contribution in [3.05, 3.63) is 29.2 Å². The highest BCUT2D eigenvalue weighted by molar-refractivity contribution is 5.84. The van der Waals surface area contributed by atoms with E-state index < -0.39 is 11.7 Å². The van der Waals surface area contributed by atoms with Crippen LogP contribution >= 0.6 is 0 Å². The van der Waals surface area contributed by atoms with E-state index in [-0.39, 0.29) is 0 Å². The molecule has 0 saturated heterocycles. The van der Waals surface area contributed by atoms with Crippen molar-refractivity contribution in [1.29, 1.82) is 0 Å². The first kappa shape index (κ1) is 17.0. The van der Waals surface area contributed by atoms with Gasteiger partial charge in [-0.15, -0.1) is 0 Å². The molecule has 3 N–H and O–H groups in total. The third kappa shape index (κ3) is 4.82. The number of ether oxygens (including phenoxy) is 1. The van der Waals surface area contributed by atoms with Crippen molar-refractivity contribution in [3.8, 4) is 0 Å². The number of aromatic nitrogens is 4. The molecule has 0 radical (unpaired) electrons. The summed E-state index contributed by atoms with van der Waals surface area (Å²) >= 11 is 0. The molecule has 0 fully saturated rings. The van der Waals surface area contributed by atoms with E-state index in [0.29, 0.717) is 18.9 Å². The molecular weight excluding hydrogens is 296 g/mol. The Balaban J connectivity index is 1.88. The second kappa shape index (κ2) is 6.82. The van der Waals surface area contributed by atoms with Crippen LogP contribution in [0.4, 0.5) is 10.6 Å². The highest BCUT2D eigenvalue weighted by Gasteiger charge is 2.17. The molecule has 0 spiro atoms. The molecule has 0 aromatic carbocycles. The predicted octanol–water partition coefficient (Wildman–Crippen LogP) is 2.09. The van der Waals surface area contributed by atoms with Crippen LogP contribution in [0.3, 0.4) is 0 Å². The largest absolute Gasteiger partial charge is 0.444 e. The minimum atomic E-state index is -0.541. The van der Waals surface area contributed by atoms with E-state index in [1.165, 1.54) is 0 Å². The summed E-state index contributed by atoms with van der Waals surface area (Å²) in [4.78, 5) is 11.8. The second-order valence-corrected chi connectivity index (χ2v) is 6.38. The van der Waals surface area contributed by atoms with Crippen LogP contribution in [0, 0.1) is 6.92 Å². The second-order valence-electron chi connectivity index (χ2n) is 6.38. The standard InChI is InChI=1S/C15H24N6O2/c1-10-11(9-18-21(10)5)6-16-7-12-8-17-20-13(12)19-14(22)23-15(2,3)4/h8-9,16H,6-7H2,1-5H3,(H2,17,19,20,22). The van der Waals surface area contributed by atoms with Gasteiger partial charge in [-0.3, -0.25) is 15.1 Å². The van der Waals surface area contributed by atoms with Gasteiger partial charge in [0, 0.05) is 37.0 Å². The fourth-order valence-corrected chi connectivity index (χ4v) is 2.01. The number of H-pyrrole nitrogens is 1. The maximum Gasteiger partial charge on any atom is 0.413 e. The van der Waals surface area contributed by atoms with E-state index in [2.05, 4.69) is 25.9 Å². The molecule has 0 atom stereocenters. The molecule has 126 valence electrons. The third-order valence-corrected chi connectivity index (χ3v) is 3.31. The maximum atomic E-state index is 11.8. The van der Waals surface area contributed by atoms with Gasteiger partial charge in [-0.2, -0.15) is 10.2 Å². The van der Waals surface area contributed by atoms with Crippen molar-refractivity contribution in [3.63, 3.8) is 0 Å². The van der Waals surface area contributed by atoms with E-state index >= 15 is 0 Å². The molecule has 0 aliphatic carbocycles. The molecule has 0 aliphatic heterocycles. The van der Waals surface area contributed by atoms with Crippen molar-refractivity contribution in [2.75, 3.05) is 5.32 Å². The normalized spacial score (nSPS) is 11.5. The minimum Gasteiger partial charge on any atom is -0.444 e. The molecule has 2 aromatic heterocycles. The zero-order valence-electron chi connectivity index (χ0n) is 14.2. The zero-order valence-corrected chi connectivity index (χ0v) is 14.2. The van der Waals surface area contributed by atoms with Gasteiger partial charge in [0.25, 0.3) is 0 Å². The number of aromatic amines is 1. The average Bonchev–Trinajstić information content (AvgIpc) is 2.98. The lowest BCUT2D eigenvalue weighted by Crippen LogP contribution is -2.27. The Morgan fingerprint density at radius 3 is 2.61 bits per heavy atom. The number of nitrogens with one attached hydrogen (secondary N) is 3. The lowest BCUT2D eigenvalue weighted by molar-refractivity contribution is 0.0635. The van der Waals surface area contributed by atoms with Gasteiger partial charge in [0.1, 0.15) is 11.4 Å². The molecule has 1 amide bonds. The van der Waals surface area contributed by atoms with E-state index in [9.17, 15) is 4.79 Å². The smallest absolute Gasteiger partial charge is 0.413 e. The first-order valence-electron chi connectivity index (χ1n) is 7.46. The van der Waals surface area contributed by atoms with E-state index in [1.54, 1.807) is 6.20 Å². The number of anilines is 1. The number of hydrogen-bond donors (Lipinski definition) is 3. The Morgan fingerprint density at radius 1 is 1.30 bits per heavy atom. The maximum absolute atomic E-state index is 11.8. The summed E-state index contributed by atoms with van der Waals surface area (Å²) in [5.41, 5.74) is 2.58. The van der Waals surface area contributed by atoms with E-state index in [1.807, 2.05) is 45.6 Å². The molecule has 0 unspecified atom stereocenters. The Hall–Kier alpha value is -2.35. The predicted molar refractivity (Wildman–Crippen MR) is 86.9 cm³/mol. The van der Waals surface area contributed by atoms with E-state index in [0.717, 1.165) is 16.8 Å². The zero-order chi connectivity index (χ0) is 17.0. The lowest BCUT2D eigenvalue weighted by atomic mass is 10.2. The monoisotopic (exact) mass is 320 g/mol. The van der Waals surface area contributed by atoms with Crippen molar-refractivity contribution in [2.45, 2.75) is 46.4 Å². The first-order valence-corrected chi connectivity index (χ1v) is 7.46. The molecule has 8 heteroatoms. The van der Waals surface area contributed by atoms with Gasteiger partial charge in [-0.05, 0) is 27.7 Å². The van der Waals surface area contributed by atoms with Crippen LogP contribution in [0.2, 0.25) is 0 Å². The average molecular weight is 320 g/mol. The van der Waals surface area contributed by atoms with Crippen molar-refractivity contribution in [2.24, 2.45) is 7.05 Å². The topological polar surface area (TPSA) is 96.9 Å². The minimum absolute atomic E-state index is 0.508. The highest BCUT2D eigenvalue weighted by Crippen LogP contribution is 2.14. The Kier molecular flexibility index (Phi) is 5.05. The SMILES string of the molecule is Cc1c(CNCc2cn[nH]c2NC(=O)OC(C)(C)C)cnn1C. The molecule has 2 aromatic rings.